The Kier molecular flexibility index (Phi) is 5.76. The number of aromatic nitrogens is 1. The number of hydrogen-bond acceptors (Lipinski definition) is 4. The molecule has 5 nitrogen and oxygen atoms in total. The summed E-state index contributed by atoms with van der Waals surface area (Å²) in [5, 5.41) is 15.0. The molecule has 0 spiro atoms. The van der Waals surface area contributed by atoms with Gasteiger partial charge in [-0.25, -0.2) is 0 Å². The van der Waals surface area contributed by atoms with Crippen LogP contribution in [0, 0.1) is 6.92 Å². The number of hydrogen-bond donors (Lipinski definition) is 2. The first-order valence-electron chi connectivity index (χ1n) is 6.82. The van der Waals surface area contributed by atoms with Crippen LogP contribution in [0.25, 0.3) is 0 Å². The number of benzene rings is 1. The van der Waals surface area contributed by atoms with Crippen LogP contribution in [0.4, 0.5) is 0 Å². The van der Waals surface area contributed by atoms with Crippen LogP contribution >= 0.6 is 22.9 Å². The molecule has 0 aliphatic heterocycles. The van der Waals surface area contributed by atoms with Crippen LogP contribution in [-0.4, -0.2) is 22.1 Å². The molecule has 0 unspecified atom stereocenters. The monoisotopic (exact) mass is 340 g/mol. The molecule has 1 aromatic carbocycles. The number of aliphatic hydroxyl groups excluding tert-OH is 1. The number of nitrogens with zero attached hydrogens (tertiary/aromatic N) is 1. The van der Waals surface area contributed by atoms with Gasteiger partial charge in [0.15, 0.2) is 0 Å². The van der Waals surface area contributed by atoms with Gasteiger partial charge in [0, 0.05) is 35.6 Å². The number of aliphatic hydroxyl groups is 1. The second-order valence-corrected chi connectivity index (χ2v) is 6.18. The highest BCUT2D eigenvalue weighted by atomic mass is 35.5. The van der Waals surface area contributed by atoms with Gasteiger partial charge in [0.25, 0.3) is 0 Å². The third-order valence-corrected chi connectivity index (χ3v) is 4.38. The van der Waals surface area contributed by atoms with Crippen molar-refractivity contribution in [2.45, 2.75) is 26.0 Å². The summed E-state index contributed by atoms with van der Waals surface area (Å²) in [6.45, 7) is 2.28. The fourth-order valence-corrected chi connectivity index (χ4v) is 2.98. The quantitative estimate of drug-likeness (QED) is 0.846. The topological polar surface area (TPSA) is 71.3 Å². The van der Waals surface area contributed by atoms with Crippen LogP contribution in [0.15, 0.2) is 34.4 Å². The molecule has 0 saturated heterocycles. The zero-order valence-electron chi connectivity index (χ0n) is 12.1. The Morgan fingerprint density at radius 1 is 1.50 bits per heavy atom. The lowest BCUT2D eigenvalue weighted by molar-refractivity contribution is -0.121. The van der Waals surface area contributed by atoms with Crippen molar-refractivity contribution >= 4 is 28.8 Å². The third-order valence-electron chi connectivity index (χ3n) is 3.26. The third kappa shape index (κ3) is 4.43. The van der Waals surface area contributed by atoms with Gasteiger partial charge >= 0.3 is 4.87 Å². The first-order chi connectivity index (χ1) is 10.5. The van der Waals surface area contributed by atoms with Crippen LogP contribution in [0.1, 0.15) is 23.8 Å². The van der Waals surface area contributed by atoms with Gasteiger partial charge in [-0.05, 0) is 24.6 Å². The number of halogens is 1. The summed E-state index contributed by atoms with van der Waals surface area (Å²) >= 11 is 6.98. The largest absolute Gasteiger partial charge is 0.387 e. The van der Waals surface area contributed by atoms with E-state index in [2.05, 4.69) is 5.32 Å². The molecule has 0 aliphatic carbocycles. The molecule has 7 heteroatoms. The van der Waals surface area contributed by atoms with Gasteiger partial charge in [-0.2, -0.15) is 0 Å². The number of rotatable bonds is 6. The summed E-state index contributed by atoms with van der Waals surface area (Å²) in [6.07, 6.45) is -0.618. The summed E-state index contributed by atoms with van der Waals surface area (Å²) in [5.74, 6) is -0.210. The molecule has 1 aromatic heterocycles. The summed E-state index contributed by atoms with van der Waals surface area (Å²) in [6, 6.07) is 6.87. The molecule has 1 heterocycles. The van der Waals surface area contributed by atoms with Gasteiger partial charge < -0.3 is 15.0 Å². The summed E-state index contributed by atoms with van der Waals surface area (Å²) < 4.78 is 1.57. The molecular formula is C15H17ClN2O3S. The van der Waals surface area contributed by atoms with E-state index in [4.69, 9.17) is 11.6 Å². The zero-order chi connectivity index (χ0) is 16.1. The van der Waals surface area contributed by atoms with Crippen molar-refractivity contribution in [3.8, 4) is 0 Å². The molecule has 22 heavy (non-hydrogen) atoms. The Morgan fingerprint density at radius 3 is 2.91 bits per heavy atom. The van der Waals surface area contributed by atoms with Gasteiger partial charge in [-0.3, -0.25) is 9.59 Å². The van der Waals surface area contributed by atoms with E-state index in [1.165, 1.54) is 0 Å². The van der Waals surface area contributed by atoms with Gasteiger partial charge in [0.1, 0.15) is 0 Å². The Balaban J connectivity index is 1.82. The number of nitrogens with one attached hydrogen (secondary N) is 1. The van der Waals surface area contributed by atoms with Crippen LogP contribution in [-0.2, 0) is 11.3 Å². The molecule has 0 radical (unpaired) electrons. The molecule has 1 atom stereocenters. The van der Waals surface area contributed by atoms with E-state index in [1.807, 2.05) is 6.92 Å². The van der Waals surface area contributed by atoms with E-state index < -0.39 is 6.10 Å². The smallest absolute Gasteiger partial charge is 0.307 e. The lowest BCUT2D eigenvalue weighted by Gasteiger charge is -2.13. The molecule has 118 valence electrons. The Labute approximate surface area is 137 Å². The van der Waals surface area contributed by atoms with E-state index in [-0.39, 0.29) is 23.7 Å². The van der Waals surface area contributed by atoms with Crippen molar-refractivity contribution in [2.75, 3.05) is 6.54 Å². The maximum atomic E-state index is 11.8. The van der Waals surface area contributed by atoms with Crippen LogP contribution in [0.5, 0.6) is 0 Å². The lowest BCUT2D eigenvalue weighted by atomic mass is 10.1. The Hall–Kier alpha value is -1.63. The number of carbonyl (C=O) groups excluding carboxylic acids is 1. The van der Waals surface area contributed by atoms with Crippen LogP contribution in [0.3, 0.4) is 0 Å². The Bertz CT molecular complexity index is 711. The van der Waals surface area contributed by atoms with Crippen molar-refractivity contribution in [1.82, 2.24) is 9.88 Å². The average Bonchev–Trinajstić information content (AvgIpc) is 2.81. The standard InChI is InChI=1S/C15H17ClN2O3S/c1-10-9-22-15(21)18(10)6-5-14(20)17-8-13(19)11-3-2-4-12(16)7-11/h2-4,7,9,13,19H,5-6,8H2,1H3,(H,17,20)/t13-/m1/s1. The predicted octanol–water partition coefficient (Wildman–Crippen LogP) is 2.11. The predicted molar refractivity (Wildman–Crippen MR) is 87.4 cm³/mol. The minimum atomic E-state index is -0.812. The zero-order valence-corrected chi connectivity index (χ0v) is 13.7. The molecular weight excluding hydrogens is 324 g/mol. The average molecular weight is 341 g/mol. The van der Waals surface area contributed by atoms with Crippen molar-refractivity contribution in [2.24, 2.45) is 0 Å². The maximum absolute atomic E-state index is 11.8. The van der Waals surface area contributed by atoms with Gasteiger partial charge in [0.2, 0.25) is 5.91 Å². The van der Waals surface area contributed by atoms with Crippen molar-refractivity contribution < 1.29 is 9.90 Å². The van der Waals surface area contributed by atoms with Crippen molar-refractivity contribution in [1.29, 1.82) is 0 Å². The van der Waals surface area contributed by atoms with Crippen LogP contribution in [0.2, 0.25) is 5.02 Å². The fraction of sp³-hybridized carbons (Fsp3) is 0.333. The molecule has 0 saturated carbocycles. The molecule has 2 rings (SSSR count). The highest BCUT2D eigenvalue weighted by Gasteiger charge is 2.11. The highest BCUT2D eigenvalue weighted by Crippen LogP contribution is 2.17. The van der Waals surface area contributed by atoms with Gasteiger partial charge in [0.05, 0.1) is 6.10 Å². The minimum absolute atomic E-state index is 0.0655. The second-order valence-electron chi connectivity index (χ2n) is 4.92. The number of amides is 1. The minimum Gasteiger partial charge on any atom is -0.387 e. The Morgan fingerprint density at radius 2 is 2.27 bits per heavy atom. The van der Waals surface area contributed by atoms with E-state index >= 15 is 0 Å². The van der Waals surface area contributed by atoms with Crippen molar-refractivity contribution in [3.63, 3.8) is 0 Å². The molecule has 0 fully saturated rings. The molecule has 1 amide bonds. The molecule has 2 aromatic rings. The maximum Gasteiger partial charge on any atom is 0.307 e. The number of aryl methyl sites for hydroxylation is 1. The van der Waals surface area contributed by atoms with E-state index in [0.717, 1.165) is 17.0 Å². The second kappa shape index (κ2) is 7.58. The SMILES string of the molecule is Cc1csc(=O)n1CCC(=O)NC[C@@H](O)c1cccc(Cl)c1. The number of thiazole rings is 1. The van der Waals surface area contributed by atoms with E-state index in [9.17, 15) is 14.7 Å². The van der Waals surface area contributed by atoms with Gasteiger partial charge in [-0.15, -0.1) is 0 Å². The van der Waals surface area contributed by atoms with E-state index in [1.54, 1.807) is 34.2 Å². The summed E-state index contributed by atoms with van der Waals surface area (Å²) in [7, 11) is 0. The molecule has 2 N–H and O–H groups in total. The highest BCUT2D eigenvalue weighted by molar-refractivity contribution is 7.07. The van der Waals surface area contributed by atoms with Gasteiger partial charge in [-0.1, -0.05) is 35.1 Å². The summed E-state index contributed by atoms with van der Waals surface area (Å²) in [5.41, 5.74) is 1.50. The number of carbonyl (C=O) groups is 1. The fourth-order valence-electron chi connectivity index (χ4n) is 2.02. The first kappa shape index (κ1) is 16.7. The van der Waals surface area contributed by atoms with Crippen LogP contribution < -0.4 is 10.2 Å². The lowest BCUT2D eigenvalue weighted by Crippen LogP contribution is -2.30. The summed E-state index contributed by atoms with van der Waals surface area (Å²) in [4.78, 5) is 23.3. The first-order valence-corrected chi connectivity index (χ1v) is 8.08. The normalized spacial score (nSPS) is 12.1. The molecule has 0 aliphatic rings. The van der Waals surface area contributed by atoms with Crippen molar-refractivity contribution in [3.05, 3.63) is 55.6 Å². The molecule has 0 bridgehead atoms. The van der Waals surface area contributed by atoms with E-state index in [0.29, 0.717) is 17.1 Å².